The van der Waals surface area contributed by atoms with Gasteiger partial charge in [0.25, 0.3) is 0 Å². The molecule has 0 amide bonds. The van der Waals surface area contributed by atoms with Gasteiger partial charge in [0.15, 0.2) is 13.9 Å². The molecule has 0 atom stereocenters. The van der Waals surface area contributed by atoms with Crippen molar-refractivity contribution >= 4 is 72.4 Å². The molecule has 294 valence electrons. The number of hydrogen-bond acceptors (Lipinski definition) is 2. The van der Waals surface area contributed by atoms with Crippen molar-refractivity contribution in [2.24, 2.45) is 0 Å². The van der Waals surface area contributed by atoms with Gasteiger partial charge in [-0.1, -0.05) is 188 Å². The van der Waals surface area contributed by atoms with Gasteiger partial charge in [-0.3, -0.25) is 0 Å². The van der Waals surface area contributed by atoms with E-state index >= 15 is 0 Å². The average Bonchev–Trinajstić information content (AvgIpc) is 3.99. The Morgan fingerprint density at radius 3 is 1.57 bits per heavy atom. The van der Waals surface area contributed by atoms with Gasteiger partial charge in [0.2, 0.25) is 0 Å². The summed E-state index contributed by atoms with van der Waals surface area (Å²) in [4.78, 5) is 11.2. The summed E-state index contributed by atoms with van der Waals surface area (Å²) in [5.74, 6) is 0.730. The monoisotopic (exact) mass is 818 g/mol. The van der Waals surface area contributed by atoms with E-state index in [1.54, 1.807) is 0 Å². The fourth-order valence-electron chi connectivity index (χ4n) is 10.6. The maximum Gasteiger partial charge on any atom is 0.185 e. The molecule has 9 aromatic carbocycles. The summed E-state index contributed by atoms with van der Waals surface area (Å²) in [5.41, 5.74) is 12.3. The van der Waals surface area contributed by atoms with Crippen molar-refractivity contribution in [1.82, 2.24) is 19.1 Å². The zero-order chi connectivity index (χ0) is 41.5. The molecule has 5 heteroatoms. The minimum Gasteiger partial charge on any atom is -0.309 e. The molecule has 0 aliphatic carbocycles. The molecule has 63 heavy (non-hydrogen) atoms. The topological polar surface area (TPSA) is 35.6 Å². The van der Waals surface area contributed by atoms with Crippen LogP contribution in [0.15, 0.2) is 231 Å². The summed E-state index contributed by atoms with van der Waals surface area (Å²) < 4.78 is 4.95. The lowest BCUT2D eigenvalue weighted by atomic mass is 10.1. The fourth-order valence-corrected chi connectivity index (χ4v) is 15.9. The molecule has 0 N–H and O–H groups in total. The Morgan fingerprint density at radius 2 is 0.905 bits per heavy atom. The first-order valence-corrected chi connectivity index (χ1v) is 23.6. The highest BCUT2D eigenvalue weighted by Crippen LogP contribution is 2.43. The standard InChI is InChI=1S/C58H38N4Si/c1-6-20-39(21-7-1)54-57-55(60-58(59-54)40-22-8-2-9-23-40)48-35-34-42(38-52(48)63(57,43-26-12-4-13-27-43)44-28-14-5-15-29-44)62-49-32-18-16-30-45(49)46-36-37-51-53(56(46)62)47-31-17-19-33-50(47)61(51)41-24-10-3-11-25-41/h1-38H. The summed E-state index contributed by atoms with van der Waals surface area (Å²) in [6.07, 6.45) is 0. The largest absolute Gasteiger partial charge is 0.309 e. The number of hydrogen-bond donors (Lipinski definition) is 0. The van der Waals surface area contributed by atoms with Gasteiger partial charge in [-0.25, -0.2) is 9.97 Å². The number of para-hydroxylation sites is 3. The van der Waals surface area contributed by atoms with Crippen LogP contribution in [0.2, 0.25) is 0 Å². The summed E-state index contributed by atoms with van der Waals surface area (Å²) in [6.45, 7) is 0. The SMILES string of the molecule is c1ccc(-c2nc(-c3ccccc3)c3c(n2)-c2ccc(-n4c5ccccc5c5ccc6c(c7ccccc7n6-c6ccccc6)c54)cc2[Si]3(c2ccccc2)c2ccccc2)cc1. The van der Waals surface area contributed by atoms with E-state index in [1.165, 1.54) is 64.4 Å². The second-order valence-electron chi connectivity index (χ2n) is 16.5. The van der Waals surface area contributed by atoms with Crippen molar-refractivity contribution in [2.75, 3.05) is 0 Å². The lowest BCUT2D eigenvalue weighted by molar-refractivity contribution is 1.17. The molecule has 1 aliphatic heterocycles. The van der Waals surface area contributed by atoms with Crippen LogP contribution in [0.3, 0.4) is 0 Å². The van der Waals surface area contributed by atoms with Gasteiger partial charge in [-0.05, 0) is 58.0 Å². The molecule has 0 fully saturated rings. The summed E-state index contributed by atoms with van der Waals surface area (Å²) in [6, 6.07) is 83.9. The quantitative estimate of drug-likeness (QED) is 0.157. The lowest BCUT2D eigenvalue weighted by Gasteiger charge is -2.32. The zero-order valence-electron chi connectivity index (χ0n) is 34.2. The smallest absolute Gasteiger partial charge is 0.185 e. The highest BCUT2D eigenvalue weighted by Gasteiger charge is 2.52. The number of aromatic nitrogens is 4. The molecule has 13 rings (SSSR count). The maximum absolute atomic E-state index is 5.61. The Hall–Kier alpha value is -8.12. The van der Waals surface area contributed by atoms with Crippen molar-refractivity contribution in [1.29, 1.82) is 0 Å². The van der Waals surface area contributed by atoms with E-state index in [1.807, 2.05) is 0 Å². The van der Waals surface area contributed by atoms with Crippen molar-refractivity contribution < 1.29 is 0 Å². The Labute approximate surface area is 365 Å². The van der Waals surface area contributed by atoms with Crippen LogP contribution < -0.4 is 20.7 Å². The molecule has 4 nitrogen and oxygen atoms in total. The third-order valence-corrected chi connectivity index (χ3v) is 18.0. The number of fused-ring (bicyclic) bond motifs is 10. The van der Waals surface area contributed by atoms with E-state index < -0.39 is 8.07 Å². The number of nitrogens with zero attached hydrogens (tertiary/aromatic N) is 4. The highest BCUT2D eigenvalue weighted by molar-refractivity contribution is 7.22. The normalized spacial score (nSPS) is 12.9. The molecule has 0 unspecified atom stereocenters. The van der Waals surface area contributed by atoms with E-state index in [2.05, 4.69) is 240 Å². The minimum absolute atomic E-state index is 0.730. The van der Waals surface area contributed by atoms with Crippen molar-refractivity contribution in [3.05, 3.63) is 231 Å². The zero-order valence-corrected chi connectivity index (χ0v) is 35.2. The molecule has 0 radical (unpaired) electrons. The molecule has 0 saturated heterocycles. The first-order valence-electron chi connectivity index (χ1n) is 21.6. The average molecular weight is 819 g/mol. The Morgan fingerprint density at radius 1 is 0.365 bits per heavy atom. The molecular weight excluding hydrogens is 781 g/mol. The van der Waals surface area contributed by atoms with Crippen LogP contribution in [-0.4, -0.2) is 27.2 Å². The molecular formula is C58H38N4Si. The van der Waals surface area contributed by atoms with Crippen LogP contribution in [0.25, 0.3) is 88.9 Å². The number of benzene rings is 9. The van der Waals surface area contributed by atoms with Crippen LogP contribution in [0.5, 0.6) is 0 Å². The third-order valence-electron chi connectivity index (χ3n) is 13.2. The van der Waals surface area contributed by atoms with Crippen molar-refractivity contribution in [3.8, 4) is 45.3 Å². The first-order chi connectivity index (χ1) is 31.3. The van der Waals surface area contributed by atoms with Gasteiger partial charge in [-0.15, -0.1) is 0 Å². The predicted molar refractivity (Wildman–Crippen MR) is 264 cm³/mol. The van der Waals surface area contributed by atoms with Crippen LogP contribution in [0.4, 0.5) is 0 Å². The Balaban J connectivity index is 1.19. The van der Waals surface area contributed by atoms with Gasteiger partial charge in [0, 0.05) is 54.8 Å². The van der Waals surface area contributed by atoms with Gasteiger partial charge < -0.3 is 9.13 Å². The molecule has 12 aromatic rings. The van der Waals surface area contributed by atoms with Crippen LogP contribution in [0, 0.1) is 0 Å². The van der Waals surface area contributed by atoms with Crippen LogP contribution >= 0.6 is 0 Å². The second kappa shape index (κ2) is 14.0. The van der Waals surface area contributed by atoms with E-state index in [9.17, 15) is 0 Å². The Bertz CT molecular complexity index is 3670. The molecule has 0 spiro atoms. The second-order valence-corrected chi connectivity index (χ2v) is 20.2. The molecule has 1 aliphatic rings. The third kappa shape index (κ3) is 5.14. The van der Waals surface area contributed by atoms with Gasteiger partial charge in [0.05, 0.1) is 33.5 Å². The summed E-state index contributed by atoms with van der Waals surface area (Å²) in [7, 11) is -3.14. The predicted octanol–water partition coefficient (Wildman–Crippen LogP) is 11.4. The summed E-state index contributed by atoms with van der Waals surface area (Å²) in [5, 5.41) is 10.1. The first kappa shape index (κ1) is 35.6. The maximum atomic E-state index is 5.61. The molecule has 4 heterocycles. The van der Waals surface area contributed by atoms with E-state index in [4.69, 9.17) is 9.97 Å². The fraction of sp³-hybridized carbons (Fsp3) is 0. The van der Waals surface area contributed by atoms with E-state index in [0.29, 0.717) is 0 Å². The van der Waals surface area contributed by atoms with E-state index in [-0.39, 0.29) is 0 Å². The van der Waals surface area contributed by atoms with Gasteiger partial charge >= 0.3 is 0 Å². The summed E-state index contributed by atoms with van der Waals surface area (Å²) >= 11 is 0. The van der Waals surface area contributed by atoms with Crippen molar-refractivity contribution in [3.63, 3.8) is 0 Å². The van der Waals surface area contributed by atoms with Crippen LogP contribution in [-0.2, 0) is 0 Å². The van der Waals surface area contributed by atoms with Crippen molar-refractivity contribution in [2.45, 2.75) is 0 Å². The Kier molecular flexibility index (Phi) is 7.89. The van der Waals surface area contributed by atoms with Gasteiger partial charge in [-0.2, -0.15) is 0 Å². The van der Waals surface area contributed by atoms with Gasteiger partial charge in [0.1, 0.15) is 0 Å². The minimum atomic E-state index is -3.14. The molecule has 3 aromatic heterocycles. The molecule has 0 saturated carbocycles. The highest BCUT2D eigenvalue weighted by atomic mass is 28.3. The van der Waals surface area contributed by atoms with Crippen LogP contribution in [0.1, 0.15) is 0 Å². The number of rotatable bonds is 6. The lowest BCUT2D eigenvalue weighted by Crippen LogP contribution is -2.73. The van der Waals surface area contributed by atoms with E-state index in [0.717, 1.165) is 45.3 Å². The molecule has 0 bridgehead atoms.